The molecule has 0 radical (unpaired) electrons. The van der Waals surface area contributed by atoms with Crippen molar-refractivity contribution in [2.45, 2.75) is 13.3 Å². The average molecular weight is 202 g/mol. The van der Waals surface area contributed by atoms with Crippen LogP contribution in [0.25, 0.3) is 6.08 Å². The Labute approximate surface area is 87.4 Å². The van der Waals surface area contributed by atoms with E-state index in [9.17, 15) is 9.59 Å². The van der Waals surface area contributed by atoms with Crippen molar-refractivity contribution in [1.29, 1.82) is 0 Å². The van der Waals surface area contributed by atoms with Gasteiger partial charge in [0.2, 0.25) is 0 Å². The molecule has 3 nitrogen and oxygen atoms in total. The second-order valence-electron chi connectivity index (χ2n) is 3.52. The van der Waals surface area contributed by atoms with Crippen LogP contribution in [0.1, 0.15) is 17.5 Å². The molecular weight excluding hydrogens is 192 g/mol. The Morgan fingerprint density at radius 2 is 2.13 bits per heavy atom. The lowest BCUT2D eigenvalue weighted by Gasteiger charge is -1.96. The minimum absolute atomic E-state index is 0.0762. The molecule has 0 saturated carbocycles. The summed E-state index contributed by atoms with van der Waals surface area (Å²) in [4.78, 5) is 22.0. The Morgan fingerprint density at radius 3 is 2.73 bits per heavy atom. The highest BCUT2D eigenvalue weighted by atomic mass is 16.6. The molecule has 0 spiro atoms. The maximum Gasteiger partial charge on any atom is 0.342 e. The van der Waals surface area contributed by atoms with Gasteiger partial charge in [0, 0.05) is 5.57 Å². The number of carbonyl (C=O) groups excluding carboxylic acids is 2. The average Bonchev–Trinajstić information content (AvgIpc) is 2.45. The Bertz CT molecular complexity index is 458. The second-order valence-corrected chi connectivity index (χ2v) is 3.52. The molecule has 1 aliphatic heterocycles. The van der Waals surface area contributed by atoms with Crippen LogP contribution < -0.4 is 0 Å². The van der Waals surface area contributed by atoms with E-state index in [1.807, 2.05) is 31.2 Å². The third-order valence-electron chi connectivity index (χ3n) is 2.19. The van der Waals surface area contributed by atoms with E-state index in [1.165, 1.54) is 0 Å². The first kappa shape index (κ1) is 9.65. The molecule has 0 unspecified atom stereocenters. The molecule has 3 heteroatoms. The predicted molar refractivity (Wildman–Crippen MR) is 54.9 cm³/mol. The number of ether oxygens (including phenoxy) is 1. The van der Waals surface area contributed by atoms with Crippen LogP contribution in [0.2, 0.25) is 0 Å². The van der Waals surface area contributed by atoms with Gasteiger partial charge in [-0.15, -0.1) is 0 Å². The third kappa shape index (κ3) is 2.13. The van der Waals surface area contributed by atoms with Crippen LogP contribution in [-0.2, 0) is 14.3 Å². The molecule has 0 aromatic heterocycles. The van der Waals surface area contributed by atoms with Crippen LogP contribution in [0.5, 0.6) is 0 Å². The summed E-state index contributed by atoms with van der Waals surface area (Å²) in [5.74, 6) is -1.000. The minimum atomic E-state index is -0.526. The number of benzene rings is 1. The summed E-state index contributed by atoms with van der Waals surface area (Å²) in [5.41, 5.74) is 2.45. The number of esters is 2. The van der Waals surface area contributed by atoms with Crippen molar-refractivity contribution < 1.29 is 14.3 Å². The monoisotopic (exact) mass is 202 g/mol. The van der Waals surface area contributed by atoms with Gasteiger partial charge in [0.15, 0.2) is 0 Å². The lowest BCUT2D eigenvalue weighted by Crippen LogP contribution is -1.96. The summed E-state index contributed by atoms with van der Waals surface area (Å²) >= 11 is 0. The molecule has 0 amide bonds. The largest absolute Gasteiger partial charge is 0.389 e. The van der Waals surface area contributed by atoms with E-state index in [1.54, 1.807) is 6.08 Å². The van der Waals surface area contributed by atoms with E-state index in [0.717, 1.165) is 11.1 Å². The van der Waals surface area contributed by atoms with Gasteiger partial charge in [0.25, 0.3) is 0 Å². The fourth-order valence-corrected chi connectivity index (χ4v) is 1.50. The van der Waals surface area contributed by atoms with Crippen molar-refractivity contribution in [2.75, 3.05) is 0 Å². The molecule has 1 aromatic carbocycles. The first-order valence-electron chi connectivity index (χ1n) is 4.67. The third-order valence-corrected chi connectivity index (χ3v) is 2.19. The summed E-state index contributed by atoms with van der Waals surface area (Å²) in [6, 6.07) is 7.71. The Morgan fingerprint density at radius 1 is 1.33 bits per heavy atom. The lowest BCUT2D eigenvalue weighted by molar-refractivity contribution is -0.151. The van der Waals surface area contributed by atoms with Gasteiger partial charge in [0.1, 0.15) is 0 Å². The minimum Gasteiger partial charge on any atom is -0.389 e. The second kappa shape index (κ2) is 3.69. The normalized spacial score (nSPS) is 18.3. The topological polar surface area (TPSA) is 43.4 Å². The van der Waals surface area contributed by atoms with Gasteiger partial charge in [-0.1, -0.05) is 29.8 Å². The first-order valence-corrected chi connectivity index (χ1v) is 4.67. The molecule has 1 heterocycles. The number of hydrogen-bond donors (Lipinski definition) is 0. The number of cyclic esters (lactones) is 2. The molecule has 15 heavy (non-hydrogen) atoms. The predicted octanol–water partition coefficient (Wildman–Crippen LogP) is 1.85. The zero-order valence-corrected chi connectivity index (χ0v) is 8.32. The van der Waals surface area contributed by atoms with E-state index in [2.05, 4.69) is 4.74 Å². The van der Waals surface area contributed by atoms with Gasteiger partial charge in [-0.25, -0.2) is 4.79 Å². The van der Waals surface area contributed by atoms with E-state index in [4.69, 9.17) is 0 Å². The zero-order valence-electron chi connectivity index (χ0n) is 8.32. The molecule has 0 atom stereocenters. The van der Waals surface area contributed by atoms with E-state index in [-0.39, 0.29) is 6.42 Å². The molecule has 0 bridgehead atoms. The summed E-state index contributed by atoms with van der Waals surface area (Å²) in [5, 5.41) is 0. The van der Waals surface area contributed by atoms with Crippen LogP contribution in [0.4, 0.5) is 0 Å². The van der Waals surface area contributed by atoms with Gasteiger partial charge >= 0.3 is 11.9 Å². The van der Waals surface area contributed by atoms with Gasteiger partial charge < -0.3 is 4.74 Å². The van der Waals surface area contributed by atoms with Crippen LogP contribution in [-0.4, -0.2) is 11.9 Å². The summed E-state index contributed by atoms with van der Waals surface area (Å²) in [6.45, 7) is 1.97. The number of carbonyl (C=O) groups is 2. The van der Waals surface area contributed by atoms with Gasteiger partial charge in [0.05, 0.1) is 6.42 Å². The Kier molecular flexibility index (Phi) is 2.37. The van der Waals surface area contributed by atoms with Crippen molar-refractivity contribution in [3.8, 4) is 0 Å². The fraction of sp³-hybridized carbons (Fsp3) is 0.167. The van der Waals surface area contributed by atoms with E-state index in [0.29, 0.717) is 5.57 Å². The smallest absolute Gasteiger partial charge is 0.342 e. The SMILES string of the molecule is Cc1cccc(/C=C2\CC(=O)OC2=O)c1. The Hall–Kier alpha value is -1.90. The number of rotatable bonds is 1. The number of hydrogen-bond acceptors (Lipinski definition) is 3. The molecule has 1 aromatic rings. The van der Waals surface area contributed by atoms with Gasteiger partial charge in [-0.05, 0) is 18.6 Å². The number of aryl methyl sites for hydroxylation is 1. The van der Waals surface area contributed by atoms with Crippen molar-refractivity contribution in [3.63, 3.8) is 0 Å². The van der Waals surface area contributed by atoms with Crippen molar-refractivity contribution in [2.24, 2.45) is 0 Å². The highest BCUT2D eigenvalue weighted by Gasteiger charge is 2.26. The molecule has 76 valence electrons. The molecular formula is C12H10O3. The molecule has 1 fully saturated rings. The highest BCUT2D eigenvalue weighted by Crippen LogP contribution is 2.18. The molecule has 2 rings (SSSR count). The molecule has 1 saturated heterocycles. The van der Waals surface area contributed by atoms with Crippen LogP contribution >= 0.6 is 0 Å². The van der Waals surface area contributed by atoms with Crippen LogP contribution in [0, 0.1) is 6.92 Å². The maximum absolute atomic E-state index is 11.2. The van der Waals surface area contributed by atoms with E-state index >= 15 is 0 Å². The quantitative estimate of drug-likeness (QED) is 0.396. The molecule has 1 aliphatic rings. The van der Waals surface area contributed by atoms with Gasteiger partial charge in [-0.2, -0.15) is 0 Å². The Balaban J connectivity index is 2.31. The standard InChI is InChI=1S/C12H10O3/c1-8-3-2-4-9(5-8)6-10-7-11(13)15-12(10)14/h2-6H,7H2,1H3/b10-6+. The van der Waals surface area contributed by atoms with Gasteiger partial charge in [-0.3, -0.25) is 4.79 Å². The van der Waals surface area contributed by atoms with Crippen molar-refractivity contribution >= 4 is 18.0 Å². The van der Waals surface area contributed by atoms with Crippen LogP contribution in [0.3, 0.4) is 0 Å². The van der Waals surface area contributed by atoms with Crippen LogP contribution in [0.15, 0.2) is 29.8 Å². The first-order chi connectivity index (χ1) is 7.15. The maximum atomic E-state index is 11.2. The van der Waals surface area contributed by atoms with Crippen molar-refractivity contribution in [1.82, 2.24) is 0 Å². The summed E-state index contributed by atoms with van der Waals surface area (Å²) < 4.78 is 4.43. The summed E-state index contributed by atoms with van der Waals surface area (Å²) in [6.07, 6.45) is 1.77. The van der Waals surface area contributed by atoms with Crippen molar-refractivity contribution in [3.05, 3.63) is 41.0 Å². The summed E-state index contributed by atoms with van der Waals surface area (Å²) in [7, 11) is 0. The van der Waals surface area contributed by atoms with E-state index < -0.39 is 11.9 Å². The molecule has 0 N–H and O–H groups in total. The molecule has 0 aliphatic carbocycles. The fourth-order valence-electron chi connectivity index (χ4n) is 1.50. The highest BCUT2D eigenvalue weighted by molar-refractivity contribution is 6.08. The zero-order chi connectivity index (χ0) is 10.8. The lowest BCUT2D eigenvalue weighted by atomic mass is 10.1.